The van der Waals surface area contributed by atoms with Crippen molar-refractivity contribution >= 4 is 17.5 Å². The first kappa shape index (κ1) is 16.7. The van der Waals surface area contributed by atoms with Crippen LogP contribution >= 0.6 is 0 Å². The average molecular weight is 325 g/mol. The molecular weight excluding hydrogens is 302 g/mol. The van der Waals surface area contributed by atoms with Gasteiger partial charge in [0.25, 0.3) is 0 Å². The fraction of sp³-hybridized carbons (Fsp3) is 0.474. The molecule has 5 nitrogen and oxygen atoms in total. The van der Waals surface area contributed by atoms with Crippen molar-refractivity contribution in [3.63, 3.8) is 0 Å². The number of carbonyl (C=O) groups is 2. The predicted molar refractivity (Wildman–Crippen MR) is 93.4 cm³/mol. The van der Waals surface area contributed by atoms with E-state index in [1.165, 1.54) is 4.90 Å². The van der Waals surface area contributed by atoms with Gasteiger partial charge in [-0.2, -0.15) is 0 Å². The van der Waals surface area contributed by atoms with E-state index >= 15 is 0 Å². The number of anilines is 1. The summed E-state index contributed by atoms with van der Waals surface area (Å²) < 4.78 is 0. The van der Waals surface area contributed by atoms with Gasteiger partial charge >= 0.3 is 0 Å². The molecule has 5 heteroatoms. The van der Waals surface area contributed by atoms with Crippen LogP contribution in [-0.2, 0) is 9.59 Å². The zero-order valence-corrected chi connectivity index (χ0v) is 13.8. The minimum absolute atomic E-state index is 0.145. The molecule has 2 heterocycles. The average Bonchev–Trinajstić information content (AvgIpc) is 2.60. The summed E-state index contributed by atoms with van der Waals surface area (Å²) in [5, 5.41) is 3.33. The van der Waals surface area contributed by atoms with Crippen LogP contribution in [0.15, 0.2) is 30.3 Å². The predicted octanol–water partition coefficient (Wildman–Crippen LogP) is 1.25. The number of piperidine rings is 1. The molecule has 126 valence electrons. The van der Waals surface area contributed by atoms with E-state index in [0.717, 1.165) is 39.1 Å². The molecule has 0 atom stereocenters. The highest BCUT2D eigenvalue weighted by Crippen LogP contribution is 2.24. The van der Waals surface area contributed by atoms with E-state index in [1.54, 1.807) is 12.1 Å². The molecule has 2 fully saturated rings. The quantitative estimate of drug-likeness (QED) is 0.671. The lowest BCUT2D eigenvalue weighted by atomic mass is 9.95. The number of carbonyl (C=O) groups excluding carboxylic acids is 2. The minimum Gasteiger partial charge on any atom is -0.314 e. The molecule has 2 aliphatic rings. The van der Waals surface area contributed by atoms with Crippen molar-refractivity contribution in [1.82, 2.24) is 10.2 Å². The maximum absolute atomic E-state index is 12.3. The number of nitrogens with zero attached hydrogens (tertiary/aromatic N) is 2. The van der Waals surface area contributed by atoms with Crippen LogP contribution in [0, 0.1) is 17.8 Å². The molecule has 0 spiro atoms. The Balaban J connectivity index is 1.52. The van der Waals surface area contributed by atoms with Crippen LogP contribution in [0.1, 0.15) is 19.3 Å². The Labute approximate surface area is 143 Å². The molecule has 1 aromatic rings. The Kier molecular flexibility index (Phi) is 5.63. The summed E-state index contributed by atoms with van der Waals surface area (Å²) in [7, 11) is 0. The van der Waals surface area contributed by atoms with Gasteiger partial charge in [0, 0.05) is 57.9 Å². The smallest absolute Gasteiger partial charge is 0.235 e. The second kappa shape index (κ2) is 8.09. The molecule has 0 unspecified atom stereocenters. The monoisotopic (exact) mass is 325 g/mol. The van der Waals surface area contributed by atoms with Gasteiger partial charge in [0.2, 0.25) is 11.8 Å². The maximum Gasteiger partial charge on any atom is 0.235 e. The second-order valence-electron chi connectivity index (χ2n) is 6.23. The molecule has 1 N–H and O–H groups in total. The molecule has 0 bridgehead atoms. The van der Waals surface area contributed by atoms with Crippen LogP contribution in [0.2, 0.25) is 0 Å². The fourth-order valence-electron chi connectivity index (χ4n) is 3.15. The number of imide groups is 1. The van der Waals surface area contributed by atoms with Gasteiger partial charge in [-0.15, -0.1) is 5.92 Å². The van der Waals surface area contributed by atoms with Crippen LogP contribution in [-0.4, -0.2) is 49.4 Å². The lowest BCUT2D eigenvalue weighted by molar-refractivity contribution is -0.130. The summed E-state index contributed by atoms with van der Waals surface area (Å²) in [4.78, 5) is 28.3. The first-order valence-corrected chi connectivity index (χ1v) is 8.56. The van der Waals surface area contributed by atoms with Gasteiger partial charge in [0.05, 0.1) is 5.69 Å². The summed E-state index contributed by atoms with van der Waals surface area (Å²) >= 11 is 0. The van der Waals surface area contributed by atoms with E-state index in [-0.39, 0.29) is 17.7 Å². The van der Waals surface area contributed by atoms with Crippen molar-refractivity contribution < 1.29 is 9.59 Å². The zero-order chi connectivity index (χ0) is 16.8. The van der Waals surface area contributed by atoms with Crippen molar-refractivity contribution in [1.29, 1.82) is 0 Å². The molecule has 0 saturated carbocycles. The Morgan fingerprint density at radius 2 is 1.71 bits per heavy atom. The van der Waals surface area contributed by atoms with Crippen LogP contribution in [0.25, 0.3) is 0 Å². The Morgan fingerprint density at radius 3 is 2.38 bits per heavy atom. The van der Waals surface area contributed by atoms with Crippen LogP contribution in [0.5, 0.6) is 0 Å². The largest absolute Gasteiger partial charge is 0.314 e. The first-order chi connectivity index (χ1) is 11.7. The molecule has 24 heavy (non-hydrogen) atoms. The van der Waals surface area contributed by atoms with Crippen LogP contribution in [0.3, 0.4) is 0 Å². The minimum atomic E-state index is -0.154. The van der Waals surface area contributed by atoms with Gasteiger partial charge in [0.1, 0.15) is 0 Å². The molecule has 2 saturated heterocycles. The lowest BCUT2D eigenvalue weighted by Gasteiger charge is -2.28. The third-order valence-electron chi connectivity index (χ3n) is 4.42. The van der Waals surface area contributed by atoms with Gasteiger partial charge in [-0.05, 0) is 12.1 Å². The van der Waals surface area contributed by atoms with Gasteiger partial charge in [-0.1, -0.05) is 24.1 Å². The van der Waals surface area contributed by atoms with Crippen molar-refractivity contribution in [3.8, 4) is 11.8 Å². The van der Waals surface area contributed by atoms with E-state index in [1.807, 2.05) is 18.2 Å². The van der Waals surface area contributed by atoms with Gasteiger partial charge < -0.3 is 5.32 Å². The summed E-state index contributed by atoms with van der Waals surface area (Å²) in [5.41, 5.74) is 0.651. The summed E-state index contributed by atoms with van der Waals surface area (Å²) in [6.07, 6.45) is 1.43. The summed E-state index contributed by atoms with van der Waals surface area (Å²) in [5.74, 6) is 5.84. The highest BCUT2D eigenvalue weighted by Gasteiger charge is 2.32. The summed E-state index contributed by atoms with van der Waals surface area (Å²) in [6.45, 7) is 5.16. The number of hydrogen-bond donors (Lipinski definition) is 1. The topological polar surface area (TPSA) is 52.7 Å². The third-order valence-corrected chi connectivity index (χ3v) is 4.42. The Morgan fingerprint density at radius 1 is 1.04 bits per heavy atom. The molecule has 0 aliphatic carbocycles. The Bertz CT molecular complexity index is 624. The first-order valence-electron chi connectivity index (χ1n) is 8.56. The molecule has 2 amide bonds. The van der Waals surface area contributed by atoms with E-state index < -0.39 is 0 Å². The molecule has 0 aromatic heterocycles. The number of benzene rings is 1. The number of piperazine rings is 1. The van der Waals surface area contributed by atoms with E-state index in [4.69, 9.17) is 0 Å². The number of hydrogen-bond acceptors (Lipinski definition) is 4. The standard InChI is InChI=1S/C19H23N3O2/c23-18-14-16(6-4-5-11-21-12-9-20-10-13-21)15-19(24)22(18)17-7-2-1-3-8-17/h1-3,7-8,16,20H,5,9-15H2. The maximum atomic E-state index is 12.3. The van der Waals surface area contributed by atoms with Crippen molar-refractivity contribution in [2.75, 3.05) is 37.6 Å². The number of nitrogens with one attached hydrogen (secondary N) is 1. The number of para-hydroxylation sites is 1. The van der Waals surface area contributed by atoms with Gasteiger partial charge in [-0.3, -0.25) is 19.4 Å². The fourth-order valence-corrected chi connectivity index (χ4v) is 3.15. The van der Waals surface area contributed by atoms with Gasteiger partial charge in [-0.25, -0.2) is 0 Å². The molecule has 2 aliphatic heterocycles. The van der Waals surface area contributed by atoms with E-state index in [9.17, 15) is 9.59 Å². The molecule has 0 radical (unpaired) electrons. The lowest BCUT2D eigenvalue weighted by Crippen LogP contribution is -2.43. The second-order valence-corrected chi connectivity index (χ2v) is 6.23. The van der Waals surface area contributed by atoms with E-state index in [2.05, 4.69) is 22.1 Å². The highest BCUT2D eigenvalue weighted by atomic mass is 16.2. The Hall–Kier alpha value is -2.16. The van der Waals surface area contributed by atoms with Crippen LogP contribution < -0.4 is 10.2 Å². The van der Waals surface area contributed by atoms with Crippen LogP contribution in [0.4, 0.5) is 5.69 Å². The zero-order valence-electron chi connectivity index (χ0n) is 13.8. The van der Waals surface area contributed by atoms with Crippen molar-refractivity contribution in [3.05, 3.63) is 30.3 Å². The SMILES string of the molecule is O=C1CC(C#CCCN2CCNCC2)CC(=O)N1c1ccccc1. The van der Waals surface area contributed by atoms with E-state index in [0.29, 0.717) is 18.5 Å². The normalized spacial score (nSPS) is 19.9. The van der Waals surface area contributed by atoms with Crippen molar-refractivity contribution in [2.45, 2.75) is 19.3 Å². The number of rotatable bonds is 3. The molecular formula is C19H23N3O2. The highest BCUT2D eigenvalue weighted by molar-refractivity contribution is 6.16. The number of amides is 2. The molecule has 3 rings (SSSR count). The van der Waals surface area contributed by atoms with Crippen molar-refractivity contribution in [2.24, 2.45) is 5.92 Å². The molecule has 1 aromatic carbocycles. The summed E-state index contributed by atoms with van der Waals surface area (Å²) in [6, 6.07) is 9.11. The third kappa shape index (κ3) is 4.22. The van der Waals surface area contributed by atoms with Gasteiger partial charge in [0.15, 0.2) is 0 Å².